The molecule has 0 unspecified atom stereocenters. The molecule has 0 N–H and O–H groups in total. The number of hydrogen-bond donors (Lipinski definition) is 0. The number of hydrogen-bond acceptors (Lipinski definition) is 5. The van der Waals surface area contributed by atoms with Crippen molar-refractivity contribution in [1.29, 1.82) is 0 Å². The molecule has 0 bridgehead atoms. The third-order valence-corrected chi connectivity index (χ3v) is 4.37. The molecule has 9 heteroatoms. The molecule has 0 aliphatic heterocycles. The van der Waals surface area contributed by atoms with Crippen molar-refractivity contribution in [2.75, 3.05) is 7.05 Å². The summed E-state index contributed by atoms with van der Waals surface area (Å²) in [6, 6.07) is 11.8. The molecule has 0 saturated heterocycles. The van der Waals surface area contributed by atoms with Gasteiger partial charge in [-0.25, -0.2) is 4.68 Å². The van der Waals surface area contributed by atoms with Crippen molar-refractivity contribution in [3.63, 3.8) is 0 Å². The van der Waals surface area contributed by atoms with E-state index >= 15 is 0 Å². The molecule has 0 aliphatic carbocycles. The summed E-state index contributed by atoms with van der Waals surface area (Å²) in [7, 11) is 1.57. The number of nitro benzene ring substituents is 1. The maximum Gasteiger partial charge on any atom is 0.276 e. The highest BCUT2D eigenvalue weighted by molar-refractivity contribution is 6.31. The van der Waals surface area contributed by atoms with Gasteiger partial charge in [-0.3, -0.25) is 14.9 Å². The summed E-state index contributed by atoms with van der Waals surface area (Å²) in [4.78, 5) is 24.4. The Hall–Kier alpha value is -3.26. The Morgan fingerprint density at radius 2 is 1.96 bits per heavy atom. The Bertz CT molecular complexity index is 1000. The molecule has 0 saturated carbocycles. The Balaban J connectivity index is 1.77. The zero-order valence-electron chi connectivity index (χ0n) is 14.7. The van der Waals surface area contributed by atoms with Crippen molar-refractivity contribution >= 4 is 23.2 Å². The number of rotatable bonds is 5. The molecular weight excluding hydrogens is 370 g/mol. The number of carbonyl (C=O) groups excluding carboxylic acids is 1. The average molecular weight is 386 g/mol. The smallest absolute Gasteiger partial charge is 0.276 e. The van der Waals surface area contributed by atoms with Gasteiger partial charge in [0.1, 0.15) is 0 Å². The zero-order chi connectivity index (χ0) is 19.6. The minimum absolute atomic E-state index is 0.0828. The Morgan fingerprint density at radius 1 is 1.26 bits per heavy atom. The number of amides is 1. The van der Waals surface area contributed by atoms with Crippen LogP contribution in [0.15, 0.2) is 48.7 Å². The highest BCUT2D eigenvalue weighted by Crippen LogP contribution is 2.23. The SMILES string of the molecule is Cc1ccc(-n2cc(C(=O)N(C)Cc3cc([N+](=O)[O-])ccc3Cl)nn2)cc1. The minimum Gasteiger partial charge on any atom is -0.336 e. The van der Waals surface area contributed by atoms with Crippen molar-refractivity contribution in [3.05, 3.63) is 80.6 Å². The van der Waals surface area contributed by atoms with Crippen LogP contribution in [0.4, 0.5) is 5.69 Å². The van der Waals surface area contributed by atoms with Crippen molar-refractivity contribution < 1.29 is 9.72 Å². The molecule has 0 fully saturated rings. The maximum atomic E-state index is 12.6. The van der Waals surface area contributed by atoms with Gasteiger partial charge < -0.3 is 4.90 Å². The van der Waals surface area contributed by atoms with Gasteiger partial charge in [0.2, 0.25) is 0 Å². The predicted octanol–water partition coefficient (Wildman–Crippen LogP) is 3.41. The van der Waals surface area contributed by atoms with E-state index in [2.05, 4.69) is 10.3 Å². The lowest BCUT2D eigenvalue weighted by Gasteiger charge is -2.16. The summed E-state index contributed by atoms with van der Waals surface area (Å²) in [5, 5.41) is 19.2. The fourth-order valence-corrected chi connectivity index (χ4v) is 2.68. The molecule has 1 aromatic heterocycles. The third kappa shape index (κ3) is 4.12. The number of aromatic nitrogens is 3. The molecule has 0 spiro atoms. The van der Waals surface area contributed by atoms with Gasteiger partial charge in [0.15, 0.2) is 5.69 Å². The molecule has 0 radical (unpaired) electrons. The van der Waals surface area contributed by atoms with Crippen molar-refractivity contribution in [3.8, 4) is 5.69 Å². The molecule has 3 rings (SSSR count). The summed E-state index contributed by atoms with van der Waals surface area (Å²) >= 11 is 6.10. The zero-order valence-corrected chi connectivity index (χ0v) is 15.4. The van der Waals surface area contributed by atoms with Gasteiger partial charge >= 0.3 is 0 Å². The van der Waals surface area contributed by atoms with Crippen molar-refractivity contribution in [2.24, 2.45) is 0 Å². The van der Waals surface area contributed by atoms with Gasteiger partial charge in [0.25, 0.3) is 11.6 Å². The van der Waals surface area contributed by atoms with Crippen LogP contribution in [0.1, 0.15) is 21.6 Å². The Kier molecular flexibility index (Phi) is 5.18. The van der Waals surface area contributed by atoms with Gasteiger partial charge in [-0.1, -0.05) is 34.5 Å². The van der Waals surface area contributed by atoms with Crippen LogP contribution in [-0.2, 0) is 6.54 Å². The van der Waals surface area contributed by atoms with E-state index in [0.717, 1.165) is 11.3 Å². The fraction of sp³-hybridized carbons (Fsp3) is 0.167. The summed E-state index contributed by atoms with van der Waals surface area (Å²) < 4.78 is 1.51. The van der Waals surface area contributed by atoms with Crippen LogP contribution in [0.5, 0.6) is 0 Å². The van der Waals surface area contributed by atoms with Crippen LogP contribution in [0, 0.1) is 17.0 Å². The number of aryl methyl sites for hydroxylation is 1. The van der Waals surface area contributed by atoms with Gasteiger partial charge in [0.05, 0.1) is 16.8 Å². The van der Waals surface area contributed by atoms with E-state index in [0.29, 0.717) is 10.6 Å². The van der Waals surface area contributed by atoms with E-state index in [1.807, 2.05) is 31.2 Å². The predicted molar refractivity (Wildman–Crippen MR) is 100.0 cm³/mol. The highest BCUT2D eigenvalue weighted by atomic mass is 35.5. The fourth-order valence-electron chi connectivity index (χ4n) is 2.50. The summed E-state index contributed by atoms with van der Waals surface area (Å²) in [6.45, 7) is 2.09. The van der Waals surface area contributed by atoms with Crippen molar-refractivity contribution in [1.82, 2.24) is 19.9 Å². The third-order valence-electron chi connectivity index (χ3n) is 4.01. The molecule has 1 heterocycles. The van der Waals surface area contributed by atoms with E-state index in [9.17, 15) is 14.9 Å². The molecule has 1 amide bonds. The molecule has 8 nitrogen and oxygen atoms in total. The highest BCUT2D eigenvalue weighted by Gasteiger charge is 2.19. The second-order valence-electron chi connectivity index (χ2n) is 6.08. The number of halogens is 1. The molecule has 0 aliphatic rings. The number of non-ortho nitro benzene ring substituents is 1. The van der Waals surface area contributed by atoms with Crippen LogP contribution in [0.25, 0.3) is 5.69 Å². The summed E-state index contributed by atoms with van der Waals surface area (Å²) in [6.07, 6.45) is 1.54. The van der Waals surface area contributed by atoms with Crippen molar-refractivity contribution in [2.45, 2.75) is 13.5 Å². The molecule has 0 atom stereocenters. The average Bonchev–Trinajstić information content (AvgIpc) is 3.13. The Morgan fingerprint density at radius 3 is 2.63 bits per heavy atom. The van der Waals surface area contributed by atoms with Gasteiger partial charge in [0, 0.05) is 30.7 Å². The first-order chi connectivity index (χ1) is 12.8. The molecule has 3 aromatic rings. The maximum absolute atomic E-state index is 12.6. The van der Waals surface area contributed by atoms with Gasteiger partial charge in [-0.15, -0.1) is 5.10 Å². The lowest BCUT2D eigenvalue weighted by molar-refractivity contribution is -0.384. The number of carbonyl (C=O) groups is 1. The second-order valence-corrected chi connectivity index (χ2v) is 6.49. The number of benzene rings is 2. The minimum atomic E-state index is -0.505. The van der Waals surface area contributed by atoms with Crippen LogP contribution in [0.3, 0.4) is 0 Å². The number of nitrogens with zero attached hydrogens (tertiary/aromatic N) is 5. The van der Waals surface area contributed by atoms with E-state index in [1.54, 1.807) is 13.2 Å². The largest absolute Gasteiger partial charge is 0.336 e. The monoisotopic (exact) mass is 385 g/mol. The second kappa shape index (κ2) is 7.55. The normalized spacial score (nSPS) is 10.6. The van der Waals surface area contributed by atoms with E-state index in [4.69, 9.17) is 11.6 Å². The number of nitro groups is 1. The van der Waals surface area contributed by atoms with Crippen LogP contribution in [-0.4, -0.2) is 37.8 Å². The van der Waals surface area contributed by atoms with Gasteiger partial charge in [-0.05, 0) is 30.7 Å². The van der Waals surface area contributed by atoms with E-state index in [1.165, 1.54) is 27.8 Å². The van der Waals surface area contributed by atoms with E-state index < -0.39 is 4.92 Å². The summed E-state index contributed by atoms with van der Waals surface area (Å²) in [5.74, 6) is -0.365. The first-order valence-electron chi connectivity index (χ1n) is 8.03. The topological polar surface area (TPSA) is 94.2 Å². The first-order valence-corrected chi connectivity index (χ1v) is 8.40. The Labute approximate surface area is 160 Å². The van der Waals surface area contributed by atoms with Crippen LogP contribution in [0.2, 0.25) is 5.02 Å². The molecule has 138 valence electrons. The molecule has 27 heavy (non-hydrogen) atoms. The molecule has 2 aromatic carbocycles. The summed E-state index contributed by atoms with van der Waals surface area (Å²) in [5.41, 5.74) is 2.47. The lowest BCUT2D eigenvalue weighted by Crippen LogP contribution is -2.26. The molecular formula is C18H16ClN5O3. The van der Waals surface area contributed by atoms with Gasteiger partial charge in [-0.2, -0.15) is 0 Å². The van der Waals surface area contributed by atoms with Crippen LogP contribution >= 0.6 is 11.6 Å². The first kappa shape index (κ1) is 18.5. The lowest BCUT2D eigenvalue weighted by atomic mass is 10.2. The van der Waals surface area contributed by atoms with E-state index in [-0.39, 0.29) is 23.8 Å². The standard InChI is InChI=1S/C18H16ClN5O3/c1-12-3-5-14(6-4-12)23-11-17(20-21-23)18(25)22(2)10-13-9-15(24(26)27)7-8-16(13)19/h3-9,11H,10H2,1-2H3. The van der Waals surface area contributed by atoms with Crippen LogP contribution < -0.4 is 0 Å². The quantitative estimate of drug-likeness (QED) is 0.495.